The van der Waals surface area contributed by atoms with Crippen LogP contribution in [0, 0.1) is 0 Å². The van der Waals surface area contributed by atoms with Gasteiger partial charge in [0, 0.05) is 81.3 Å². The molecule has 58 heavy (non-hydrogen) atoms. The van der Waals surface area contributed by atoms with Crippen molar-refractivity contribution in [3.05, 3.63) is 74.6 Å². The van der Waals surface area contributed by atoms with Gasteiger partial charge in [-0.1, -0.05) is 57.6 Å². The van der Waals surface area contributed by atoms with Crippen LogP contribution in [0.1, 0.15) is 72.1 Å². The van der Waals surface area contributed by atoms with Crippen LogP contribution in [0.5, 0.6) is 17.2 Å². The molecule has 0 aliphatic heterocycles. The number of fused-ring (bicyclic) bond motifs is 2. The highest BCUT2D eigenvalue weighted by molar-refractivity contribution is 5.97. The molecule has 0 radical (unpaired) electrons. The zero-order chi connectivity index (χ0) is 42.6. The van der Waals surface area contributed by atoms with E-state index in [0.29, 0.717) is 60.6 Å². The number of nitrogens with zero attached hydrogens (tertiary/aromatic N) is 2. The van der Waals surface area contributed by atoms with Crippen molar-refractivity contribution in [2.45, 2.75) is 74.8 Å². The van der Waals surface area contributed by atoms with Crippen LogP contribution in [0.25, 0.3) is 21.9 Å². The predicted octanol–water partition coefficient (Wildman–Crippen LogP) is 5.00. The number of hydrogen-bond acceptors (Lipinski definition) is 12. The number of rotatable bonds is 28. The van der Waals surface area contributed by atoms with E-state index in [1.165, 1.54) is 6.07 Å². The Hall–Kier alpha value is -4.40. The highest BCUT2D eigenvalue weighted by atomic mass is 16.5. The van der Waals surface area contributed by atoms with E-state index < -0.39 is 12.0 Å². The minimum atomic E-state index is -0.443. The van der Waals surface area contributed by atoms with Gasteiger partial charge in [0.2, 0.25) is 5.43 Å². The molecule has 2 aromatic carbocycles. The van der Waals surface area contributed by atoms with Crippen LogP contribution in [-0.2, 0) is 24.2 Å². The van der Waals surface area contributed by atoms with Gasteiger partial charge in [0.25, 0.3) is 5.91 Å². The molecule has 0 saturated heterocycles. The standard InChI is InChI=1S/C45H70N6O7/c1-10-50(11-2)24-22-46-18-20-48-33(9)29-56-37-26-40-43(44(54)35(37)17-15-32(7)8)45(55)42-34(16-14-31(5)6)36(28-52)38(27-39(42)58-40)57-30-41(53)49-21-19-47-23-25-51(12-3)13-4/h14-15,26-27,46-48,52,54H,9-13,16-25,28-30H2,1-8H3,(H,49,53). The molecule has 6 N–H and O–H groups in total. The highest BCUT2D eigenvalue weighted by Crippen LogP contribution is 2.39. The smallest absolute Gasteiger partial charge is 0.257 e. The lowest BCUT2D eigenvalue weighted by molar-refractivity contribution is -0.123. The molecule has 0 atom stereocenters. The van der Waals surface area contributed by atoms with Crippen molar-refractivity contribution in [1.29, 1.82) is 0 Å². The number of carbonyl (C=O) groups excluding carboxylic acids is 1. The molecular formula is C45H70N6O7. The highest BCUT2D eigenvalue weighted by Gasteiger charge is 2.24. The molecule has 0 bridgehead atoms. The average Bonchev–Trinajstić information content (AvgIpc) is 3.19. The van der Waals surface area contributed by atoms with Gasteiger partial charge in [-0.2, -0.15) is 0 Å². The minimum absolute atomic E-state index is 0.0193. The summed E-state index contributed by atoms with van der Waals surface area (Å²) in [6, 6.07) is 3.16. The number of hydrogen-bond donors (Lipinski definition) is 6. The summed E-state index contributed by atoms with van der Waals surface area (Å²) in [7, 11) is 0. The van der Waals surface area contributed by atoms with Crippen LogP contribution in [0.2, 0.25) is 0 Å². The van der Waals surface area contributed by atoms with Crippen molar-refractivity contribution >= 4 is 27.8 Å². The van der Waals surface area contributed by atoms with Gasteiger partial charge < -0.3 is 55.2 Å². The minimum Gasteiger partial charge on any atom is -0.507 e. The Morgan fingerprint density at radius 1 is 0.724 bits per heavy atom. The Bertz CT molecular complexity index is 1910. The average molecular weight is 807 g/mol. The summed E-state index contributed by atoms with van der Waals surface area (Å²) >= 11 is 0. The summed E-state index contributed by atoms with van der Waals surface area (Å²) in [5.74, 6) is 0.0409. The Labute approximate surface area is 345 Å². The Morgan fingerprint density at radius 2 is 1.22 bits per heavy atom. The van der Waals surface area contributed by atoms with E-state index in [4.69, 9.17) is 13.9 Å². The summed E-state index contributed by atoms with van der Waals surface area (Å²) in [6.45, 7) is 30.1. The number of aliphatic hydroxyl groups is 1. The second kappa shape index (κ2) is 25.2. The molecule has 1 amide bonds. The Balaban J connectivity index is 1.92. The molecule has 13 nitrogen and oxygen atoms in total. The number of ether oxygens (including phenoxy) is 2. The fourth-order valence-corrected chi connectivity index (χ4v) is 6.56. The summed E-state index contributed by atoms with van der Waals surface area (Å²) < 4.78 is 18.7. The first kappa shape index (κ1) is 48.0. The van der Waals surface area contributed by atoms with E-state index in [2.05, 4.69) is 65.3 Å². The molecule has 0 unspecified atom stereocenters. The van der Waals surface area contributed by atoms with Gasteiger partial charge in [0.15, 0.2) is 6.61 Å². The van der Waals surface area contributed by atoms with Gasteiger partial charge in [-0.05, 0) is 72.3 Å². The van der Waals surface area contributed by atoms with Gasteiger partial charge >= 0.3 is 0 Å². The van der Waals surface area contributed by atoms with Crippen LogP contribution in [-0.4, -0.2) is 118 Å². The quantitative estimate of drug-likeness (QED) is 0.0332. The number of amides is 1. The number of carbonyl (C=O) groups is 1. The van der Waals surface area contributed by atoms with Crippen LogP contribution >= 0.6 is 0 Å². The summed E-state index contributed by atoms with van der Waals surface area (Å²) in [5.41, 5.74) is 3.91. The lowest BCUT2D eigenvalue weighted by Gasteiger charge is -2.19. The SMILES string of the molecule is C=C(COc1cc2oc3cc(OCC(=O)NCCNCCN(CC)CC)c(CO)c(CC=C(C)C)c3c(=O)c2c(O)c1CC=C(C)C)NCCNCCN(CC)CC. The van der Waals surface area contributed by atoms with Gasteiger partial charge in [-0.3, -0.25) is 9.59 Å². The van der Waals surface area contributed by atoms with E-state index in [0.717, 1.165) is 70.0 Å². The number of allylic oxidation sites excluding steroid dienone is 4. The molecule has 1 heterocycles. The van der Waals surface area contributed by atoms with Crippen molar-refractivity contribution in [1.82, 2.24) is 31.1 Å². The van der Waals surface area contributed by atoms with Crippen molar-refractivity contribution in [2.24, 2.45) is 0 Å². The maximum Gasteiger partial charge on any atom is 0.257 e. The molecule has 13 heteroatoms. The third-order valence-electron chi connectivity index (χ3n) is 10.1. The number of benzene rings is 2. The fourth-order valence-electron chi connectivity index (χ4n) is 6.56. The van der Waals surface area contributed by atoms with Crippen LogP contribution in [0.4, 0.5) is 0 Å². The molecule has 322 valence electrons. The number of nitrogens with one attached hydrogen (secondary N) is 4. The third kappa shape index (κ3) is 14.5. The van der Waals surface area contributed by atoms with E-state index >= 15 is 0 Å². The molecule has 3 aromatic rings. The summed E-state index contributed by atoms with van der Waals surface area (Å²) in [6.07, 6.45) is 4.52. The maximum absolute atomic E-state index is 14.5. The summed E-state index contributed by atoms with van der Waals surface area (Å²) in [4.78, 5) is 32.0. The third-order valence-corrected chi connectivity index (χ3v) is 10.1. The lowest BCUT2D eigenvalue weighted by Crippen LogP contribution is -2.37. The van der Waals surface area contributed by atoms with Crippen LogP contribution < -0.4 is 36.2 Å². The zero-order valence-corrected chi connectivity index (χ0v) is 36.4. The van der Waals surface area contributed by atoms with Crippen molar-refractivity contribution in [2.75, 3.05) is 91.8 Å². The molecule has 0 fully saturated rings. The van der Waals surface area contributed by atoms with Gasteiger partial charge in [0.1, 0.15) is 40.4 Å². The summed E-state index contributed by atoms with van der Waals surface area (Å²) in [5, 5.41) is 35.6. The van der Waals surface area contributed by atoms with Crippen molar-refractivity contribution in [3.63, 3.8) is 0 Å². The van der Waals surface area contributed by atoms with E-state index in [9.17, 15) is 19.8 Å². The molecule has 0 spiro atoms. The zero-order valence-electron chi connectivity index (χ0n) is 36.4. The Kier molecular flexibility index (Phi) is 20.8. The number of phenolic OH excluding ortho intramolecular Hbond substituents is 1. The Morgan fingerprint density at radius 3 is 1.76 bits per heavy atom. The first-order valence-corrected chi connectivity index (χ1v) is 20.9. The lowest BCUT2D eigenvalue weighted by atomic mass is 9.95. The number of likely N-dealkylation sites (N-methyl/N-ethyl adjacent to an activating group) is 2. The normalized spacial score (nSPS) is 11.4. The molecule has 1 aromatic heterocycles. The topological polar surface area (TPSA) is 161 Å². The molecule has 0 aliphatic carbocycles. The second-order valence-electron chi connectivity index (χ2n) is 14.9. The van der Waals surface area contributed by atoms with Gasteiger partial charge in [0.05, 0.1) is 12.0 Å². The first-order chi connectivity index (χ1) is 27.9. The maximum atomic E-state index is 14.5. The fraction of sp³-hybridized carbons (Fsp3) is 0.556. The van der Waals surface area contributed by atoms with Gasteiger partial charge in [-0.15, -0.1) is 0 Å². The molecule has 0 aliphatic rings. The number of phenols is 1. The first-order valence-electron chi connectivity index (χ1n) is 20.9. The number of aromatic hydroxyl groups is 1. The molecule has 3 rings (SSSR count). The second-order valence-corrected chi connectivity index (χ2v) is 14.9. The number of aliphatic hydroxyl groups excluding tert-OH is 1. The molecular weight excluding hydrogens is 737 g/mol. The van der Waals surface area contributed by atoms with Crippen molar-refractivity contribution in [3.8, 4) is 17.2 Å². The predicted molar refractivity (Wildman–Crippen MR) is 236 cm³/mol. The van der Waals surface area contributed by atoms with E-state index in [1.807, 2.05) is 39.8 Å². The van der Waals surface area contributed by atoms with Gasteiger partial charge in [-0.25, -0.2) is 0 Å². The van der Waals surface area contributed by atoms with E-state index in [1.54, 1.807) is 6.07 Å². The van der Waals surface area contributed by atoms with Crippen LogP contribution in [0.3, 0.4) is 0 Å². The largest absolute Gasteiger partial charge is 0.507 e. The molecule has 0 saturated carbocycles. The van der Waals surface area contributed by atoms with E-state index in [-0.39, 0.29) is 52.6 Å². The van der Waals surface area contributed by atoms with Crippen LogP contribution in [0.15, 0.2) is 56.9 Å². The van der Waals surface area contributed by atoms with Crippen molar-refractivity contribution < 1.29 is 28.9 Å². The monoisotopic (exact) mass is 807 g/mol.